The Hall–Kier alpha value is -1.88. The van der Waals surface area contributed by atoms with Gasteiger partial charge in [0.25, 0.3) is 0 Å². The van der Waals surface area contributed by atoms with E-state index >= 15 is 0 Å². The lowest BCUT2D eigenvalue weighted by atomic mass is 9.95. The summed E-state index contributed by atoms with van der Waals surface area (Å²) < 4.78 is 5.52. The van der Waals surface area contributed by atoms with E-state index in [1.807, 2.05) is 13.1 Å². The Morgan fingerprint density at radius 2 is 1.90 bits per heavy atom. The van der Waals surface area contributed by atoms with E-state index in [0.717, 1.165) is 12.8 Å². The molecule has 0 aliphatic rings. The third kappa shape index (κ3) is 4.35. The van der Waals surface area contributed by atoms with Gasteiger partial charge in [0.2, 0.25) is 5.89 Å². The van der Waals surface area contributed by atoms with E-state index in [1.54, 1.807) is 0 Å². The lowest BCUT2D eigenvalue weighted by molar-refractivity contribution is 0.453. The van der Waals surface area contributed by atoms with Crippen LogP contribution < -0.4 is 10.6 Å². The largest absolute Gasteiger partial charge is 0.407 e. The van der Waals surface area contributed by atoms with Crippen molar-refractivity contribution in [1.82, 2.24) is 15.5 Å². The Labute approximate surface area is 119 Å². The average molecular weight is 274 g/mol. The van der Waals surface area contributed by atoms with Crippen molar-refractivity contribution in [2.45, 2.75) is 38.8 Å². The van der Waals surface area contributed by atoms with Crippen LogP contribution in [0.5, 0.6) is 0 Å². The van der Waals surface area contributed by atoms with E-state index in [9.17, 15) is 0 Å². The summed E-state index contributed by atoms with van der Waals surface area (Å²) in [6.45, 7) is 4.86. The van der Waals surface area contributed by atoms with E-state index in [4.69, 9.17) is 4.42 Å². The summed E-state index contributed by atoms with van der Waals surface area (Å²) in [7, 11) is 1.85. The van der Waals surface area contributed by atoms with Crippen LogP contribution in [0.1, 0.15) is 31.7 Å². The van der Waals surface area contributed by atoms with Crippen molar-refractivity contribution in [1.29, 1.82) is 0 Å². The van der Waals surface area contributed by atoms with E-state index in [1.165, 1.54) is 5.56 Å². The van der Waals surface area contributed by atoms with Gasteiger partial charge in [-0.2, -0.15) is 0 Å². The molecule has 0 spiro atoms. The third-order valence-electron chi connectivity index (χ3n) is 3.12. The molecule has 2 rings (SSSR count). The summed E-state index contributed by atoms with van der Waals surface area (Å²) in [6.07, 6.45) is 2.00. The number of benzene rings is 1. The molecule has 0 radical (unpaired) electrons. The van der Waals surface area contributed by atoms with Crippen LogP contribution in [0.4, 0.5) is 6.01 Å². The van der Waals surface area contributed by atoms with Crippen LogP contribution in [0.3, 0.4) is 0 Å². The molecule has 2 aromatic rings. The summed E-state index contributed by atoms with van der Waals surface area (Å²) in [5.74, 6) is 0.592. The van der Waals surface area contributed by atoms with Gasteiger partial charge in [-0.3, -0.25) is 0 Å². The minimum absolute atomic E-state index is 0.0979. The standard InChI is InChI=1S/C15H22N4O/c1-15(2,10-9-12-7-5-4-6-8-12)17-14-19-18-13(20-14)11-16-3/h4-8,16H,9-11H2,1-3H3,(H,17,19). The number of aromatic nitrogens is 2. The molecule has 0 aliphatic heterocycles. The minimum Gasteiger partial charge on any atom is -0.407 e. The number of anilines is 1. The second-order valence-electron chi connectivity index (χ2n) is 5.53. The minimum atomic E-state index is -0.0979. The normalized spacial score (nSPS) is 11.6. The van der Waals surface area contributed by atoms with E-state index in [2.05, 4.69) is 58.9 Å². The van der Waals surface area contributed by atoms with Crippen LogP contribution in [-0.2, 0) is 13.0 Å². The second-order valence-corrected chi connectivity index (χ2v) is 5.53. The molecular formula is C15H22N4O. The van der Waals surface area contributed by atoms with Crippen molar-refractivity contribution in [2.24, 2.45) is 0 Å². The first-order valence-electron chi connectivity index (χ1n) is 6.88. The quantitative estimate of drug-likeness (QED) is 0.812. The maximum Gasteiger partial charge on any atom is 0.315 e. The molecule has 0 amide bonds. The Bertz CT molecular complexity index is 522. The van der Waals surface area contributed by atoms with Crippen LogP contribution in [-0.4, -0.2) is 22.8 Å². The molecule has 0 atom stereocenters. The lowest BCUT2D eigenvalue weighted by Gasteiger charge is -2.25. The summed E-state index contributed by atoms with van der Waals surface area (Å²) in [6, 6.07) is 10.9. The molecule has 5 heteroatoms. The van der Waals surface area contributed by atoms with Crippen molar-refractivity contribution in [3.05, 3.63) is 41.8 Å². The molecule has 1 heterocycles. The number of hydrogen-bond donors (Lipinski definition) is 2. The van der Waals surface area contributed by atoms with E-state index in [0.29, 0.717) is 18.5 Å². The van der Waals surface area contributed by atoms with Crippen molar-refractivity contribution in [3.8, 4) is 0 Å². The van der Waals surface area contributed by atoms with Crippen molar-refractivity contribution >= 4 is 6.01 Å². The topological polar surface area (TPSA) is 63.0 Å². The molecule has 108 valence electrons. The third-order valence-corrected chi connectivity index (χ3v) is 3.12. The molecule has 0 aliphatic carbocycles. The molecule has 2 N–H and O–H groups in total. The monoisotopic (exact) mass is 274 g/mol. The molecule has 0 saturated carbocycles. The first-order valence-corrected chi connectivity index (χ1v) is 6.88. The highest BCUT2D eigenvalue weighted by atomic mass is 16.4. The Balaban J connectivity index is 1.89. The fraction of sp³-hybridized carbons (Fsp3) is 0.467. The number of nitrogens with zero attached hydrogens (tertiary/aromatic N) is 2. The van der Waals surface area contributed by atoms with Crippen molar-refractivity contribution < 1.29 is 4.42 Å². The van der Waals surface area contributed by atoms with Gasteiger partial charge in [0.1, 0.15) is 0 Å². The maximum absolute atomic E-state index is 5.52. The first kappa shape index (κ1) is 14.5. The van der Waals surface area contributed by atoms with Crippen LogP contribution in [0.25, 0.3) is 0 Å². The number of nitrogens with one attached hydrogen (secondary N) is 2. The zero-order valence-electron chi connectivity index (χ0n) is 12.3. The Kier molecular flexibility index (Phi) is 4.74. The zero-order valence-corrected chi connectivity index (χ0v) is 12.3. The van der Waals surface area contributed by atoms with Crippen LogP contribution in [0.2, 0.25) is 0 Å². The first-order chi connectivity index (χ1) is 9.59. The van der Waals surface area contributed by atoms with E-state index in [-0.39, 0.29) is 5.54 Å². The highest BCUT2D eigenvalue weighted by Crippen LogP contribution is 2.19. The highest BCUT2D eigenvalue weighted by molar-refractivity contribution is 5.23. The van der Waals surface area contributed by atoms with Gasteiger partial charge in [-0.1, -0.05) is 35.4 Å². The molecule has 0 saturated heterocycles. The van der Waals surface area contributed by atoms with Gasteiger partial charge in [-0.15, -0.1) is 5.10 Å². The average Bonchev–Trinajstić information content (AvgIpc) is 2.85. The Morgan fingerprint density at radius 3 is 2.60 bits per heavy atom. The number of rotatable bonds is 7. The summed E-state index contributed by atoms with van der Waals surface area (Å²) in [4.78, 5) is 0. The van der Waals surface area contributed by atoms with Crippen LogP contribution in [0.15, 0.2) is 34.7 Å². The molecule has 0 unspecified atom stereocenters. The molecule has 20 heavy (non-hydrogen) atoms. The SMILES string of the molecule is CNCc1nnc(NC(C)(C)CCc2ccccc2)o1. The molecule has 1 aromatic carbocycles. The number of hydrogen-bond acceptors (Lipinski definition) is 5. The summed E-state index contributed by atoms with van der Waals surface area (Å²) in [5, 5.41) is 14.3. The fourth-order valence-corrected chi connectivity index (χ4v) is 1.98. The second kappa shape index (κ2) is 6.52. The zero-order chi connectivity index (χ0) is 14.4. The molecule has 5 nitrogen and oxygen atoms in total. The van der Waals surface area contributed by atoms with Gasteiger partial charge >= 0.3 is 6.01 Å². The maximum atomic E-state index is 5.52. The van der Waals surface area contributed by atoms with Gasteiger partial charge in [0, 0.05) is 5.54 Å². The van der Waals surface area contributed by atoms with Crippen molar-refractivity contribution in [3.63, 3.8) is 0 Å². The molecule has 1 aromatic heterocycles. The fourth-order valence-electron chi connectivity index (χ4n) is 1.98. The van der Waals surface area contributed by atoms with Gasteiger partial charge in [0.05, 0.1) is 6.54 Å². The van der Waals surface area contributed by atoms with Gasteiger partial charge in [0.15, 0.2) is 0 Å². The molecular weight excluding hydrogens is 252 g/mol. The van der Waals surface area contributed by atoms with Gasteiger partial charge < -0.3 is 15.1 Å². The summed E-state index contributed by atoms with van der Waals surface area (Å²) in [5.41, 5.74) is 1.24. The summed E-state index contributed by atoms with van der Waals surface area (Å²) >= 11 is 0. The van der Waals surface area contributed by atoms with Crippen molar-refractivity contribution in [2.75, 3.05) is 12.4 Å². The van der Waals surface area contributed by atoms with Gasteiger partial charge in [-0.05, 0) is 39.3 Å². The van der Waals surface area contributed by atoms with E-state index < -0.39 is 0 Å². The lowest BCUT2D eigenvalue weighted by Crippen LogP contribution is -2.31. The van der Waals surface area contributed by atoms with Crippen LogP contribution >= 0.6 is 0 Å². The molecule has 0 fully saturated rings. The Morgan fingerprint density at radius 1 is 1.15 bits per heavy atom. The predicted molar refractivity (Wildman–Crippen MR) is 79.5 cm³/mol. The smallest absolute Gasteiger partial charge is 0.315 e. The number of aryl methyl sites for hydroxylation is 1. The highest BCUT2D eigenvalue weighted by Gasteiger charge is 2.20. The molecule has 0 bridgehead atoms. The predicted octanol–water partition coefficient (Wildman–Crippen LogP) is 2.61. The van der Waals surface area contributed by atoms with Gasteiger partial charge in [-0.25, -0.2) is 0 Å². The van der Waals surface area contributed by atoms with Crippen LogP contribution in [0, 0.1) is 0 Å².